The second-order valence-corrected chi connectivity index (χ2v) is 9.41. The lowest BCUT2D eigenvalue weighted by molar-refractivity contribution is -0.127. The monoisotopic (exact) mass is 423 g/mol. The molecule has 0 saturated heterocycles. The molecule has 2 aromatic carbocycles. The topological polar surface area (TPSA) is 77.0 Å². The average molecular weight is 424 g/mol. The van der Waals surface area contributed by atoms with Crippen molar-refractivity contribution in [2.75, 3.05) is 18.6 Å². The highest BCUT2D eigenvalue weighted by atomic mass is 32.2. The average Bonchev–Trinajstić information content (AvgIpc) is 3.07. The molecule has 1 aromatic heterocycles. The van der Waals surface area contributed by atoms with Crippen LogP contribution in [0.1, 0.15) is 37.5 Å². The van der Waals surface area contributed by atoms with E-state index in [1.54, 1.807) is 4.90 Å². The van der Waals surface area contributed by atoms with Crippen LogP contribution in [0.4, 0.5) is 0 Å². The third-order valence-electron chi connectivity index (χ3n) is 5.09. The molecule has 7 heteroatoms. The second-order valence-electron chi connectivity index (χ2n) is 8.47. The third-order valence-corrected chi connectivity index (χ3v) is 6.02. The molecule has 1 amide bonds. The van der Waals surface area contributed by atoms with Crippen molar-refractivity contribution in [3.63, 3.8) is 0 Å². The van der Waals surface area contributed by atoms with Crippen LogP contribution >= 0.6 is 11.8 Å². The van der Waals surface area contributed by atoms with E-state index in [0.717, 1.165) is 11.1 Å². The van der Waals surface area contributed by atoms with E-state index >= 15 is 0 Å². The fourth-order valence-corrected chi connectivity index (χ4v) is 3.86. The number of benzene rings is 2. The predicted octanol–water partition coefficient (Wildman–Crippen LogP) is 4.02. The molecular formula is C23H29N5OS. The van der Waals surface area contributed by atoms with Gasteiger partial charge in [0.2, 0.25) is 11.1 Å². The molecule has 0 fully saturated rings. The molecule has 6 nitrogen and oxygen atoms in total. The van der Waals surface area contributed by atoms with E-state index in [2.05, 4.69) is 56.1 Å². The van der Waals surface area contributed by atoms with Gasteiger partial charge < -0.3 is 10.7 Å². The Morgan fingerprint density at radius 1 is 1.10 bits per heavy atom. The molecule has 3 aromatic rings. The van der Waals surface area contributed by atoms with Crippen molar-refractivity contribution >= 4 is 17.7 Å². The third kappa shape index (κ3) is 5.02. The van der Waals surface area contributed by atoms with Crippen LogP contribution in [0.25, 0.3) is 11.4 Å². The van der Waals surface area contributed by atoms with Crippen LogP contribution in [0.3, 0.4) is 0 Å². The number of nitrogens with zero attached hydrogens (tertiary/aromatic N) is 4. The van der Waals surface area contributed by atoms with Gasteiger partial charge in [0.1, 0.15) is 0 Å². The summed E-state index contributed by atoms with van der Waals surface area (Å²) in [6.45, 7) is 9.15. The van der Waals surface area contributed by atoms with Gasteiger partial charge in [0.25, 0.3) is 0 Å². The van der Waals surface area contributed by atoms with Gasteiger partial charge in [0.15, 0.2) is 5.82 Å². The van der Waals surface area contributed by atoms with Gasteiger partial charge in [-0.1, -0.05) is 81.1 Å². The first kappa shape index (κ1) is 21.9. The number of carbonyl (C=O) groups excluding carboxylic acids is 1. The predicted molar refractivity (Wildman–Crippen MR) is 123 cm³/mol. The smallest absolute Gasteiger partial charge is 0.233 e. The first-order valence-corrected chi connectivity index (χ1v) is 10.9. The minimum Gasteiger partial charge on any atom is -0.341 e. The van der Waals surface area contributed by atoms with Crippen LogP contribution in [0.15, 0.2) is 53.7 Å². The van der Waals surface area contributed by atoms with Crippen molar-refractivity contribution < 1.29 is 4.79 Å². The van der Waals surface area contributed by atoms with Crippen LogP contribution in [0.5, 0.6) is 0 Å². The lowest BCUT2D eigenvalue weighted by Gasteiger charge is -2.19. The molecule has 0 unspecified atom stereocenters. The zero-order chi connectivity index (χ0) is 21.9. The Hall–Kier alpha value is -2.80. The second kappa shape index (κ2) is 8.92. The maximum Gasteiger partial charge on any atom is 0.233 e. The van der Waals surface area contributed by atoms with Crippen molar-refractivity contribution in [1.82, 2.24) is 19.8 Å². The summed E-state index contributed by atoms with van der Waals surface area (Å²) >= 11 is 1.29. The van der Waals surface area contributed by atoms with Crippen molar-refractivity contribution in [3.05, 3.63) is 65.2 Å². The fourth-order valence-electron chi connectivity index (χ4n) is 3.06. The summed E-state index contributed by atoms with van der Waals surface area (Å²) in [5.74, 6) is 7.06. The zero-order valence-corrected chi connectivity index (χ0v) is 19.0. The van der Waals surface area contributed by atoms with Gasteiger partial charge in [-0.05, 0) is 29.0 Å². The van der Waals surface area contributed by atoms with Crippen LogP contribution in [0.2, 0.25) is 0 Å². The lowest BCUT2D eigenvalue weighted by Crippen LogP contribution is -2.28. The Bertz CT molecular complexity index is 1020. The van der Waals surface area contributed by atoms with Gasteiger partial charge in [0, 0.05) is 19.2 Å². The van der Waals surface area contributed by atoms with Gasteiger partial charge >= 0.3 is 0 Å². The van der Waals surface area contributed by atoms with E-state index in [4.69, 9.17) is 5.84 Å². The number of rotatable bonds is 6. The summed E-state index contributed by atoms with van der Waals surface area (Å²) in [4.78, 5) is 14.3. The number of hydrogen-bond acceptors (Lipinski definition) is 5. The molecule has 0 aliphatic heterocycles. The minimum absolute atomic E-state index is 0.0160. The number of aromatic nitrogens is 3. The quantitative estimate of drug-likeness (QED) is 0.479. The molecule has 1 heterocycles. The van der Waals surface area contributed by atoms with Gasteiger partial charge in [0.05, 0.1) is 5.75 Å². The maximum atomic E-state index is 12.6. The van der Waals surface area contributed by atoms with Gasteiger partial charge in [-0.25, -0.2) is 4.68 Å². The van der Waals surface area contributed by atoms with Crippen molar-refractivity contribution in [2.24, 2.45) is 0 Å². The molecule has 0 aliphatic carbocycles. The Morgan fingerprint density at radius 3 is 2.40 bits per heavy atom. The molecule has 2 N–H and O–H groups in total. The highest BCUT2D eigenvalue weighted by molar-refractivity contribution is 7.99. The Kier molecular flexibility index (Phi) is 6.51. The molecule has 0 aliphatic rings. The van der Waals surface area contributed by atoms with Crippen LogP contribution in [0, 0.1) is 6.92 Å². The van der Waals surface area contributed by atoms with E-state index in [1.165, 1.54) is 27.6 Å². The fraction of sp³-hybridized carbons (Fsp3) is 0.348. The normalized spacial score (nSPS) is 11.5. The highest BCUT2D eigenvalue weighted by Crippen LogP contribution is 2.26. The van der Waals surface area contributed by atoms with Gasteiger partial charge in [-0.3, -0.25) is 4.79 Å². The van der Waals surface area contributed by atoms with Gasteiger partial charge in [-0.2, -0.15) is 0 Å². The lowest BCUT2D eigenvalue weighted by atomic mass is 9.87. The van der Waals surface area contributed by atoms with Gasteiger partial charge in [-0.15, -0.1) is 10.2 Å². The van der Waals surface area contributed by atoms with Crippen LogP contribution in [-0.4, -0.2) is 38.5 Å². The number of carbonyl (C=O) groups is 1. The molecule has 3 rings (SSSR count). The minimum atomic E-state index is 0.0160. The number of hydrogen-bond donors (Lipinski definition) is 1. The maximum absolute atomic E-state index is 12.6. The summed E-state index contributed by atoms with van der Waals surface area (Å²) in [6, 6.07) is 16.3. The van der Waals surface area contributed by atoms with Crippen molar-refractivity contribution in [3.8, 4) is 11.4 Å². The zero-order valence-electron chi connectivity index (χ0n) is 18.2. The summed E-state index contributed by atoms with van der Waals surface area (Å²) in [6.07, 6.45) is 0. The molecule has 0 saturated carbocycles. The summed E-state index contributed by atoms with van der Waals surface area (Å²) in [7, 11) is 1.81. The Balaban J connectivity index is 1.63. The summed E-state index contributed by atoms with van der Waals surface area (Å²) in [5, 5.41) is 8.91. The molecule has 0 spiro atoms. The van der Waals surface area contributed by atoms with Crippen molar-refractivity contribution in [1.29, 1.82) is 0 Å². The molecule has 0 atom stereocenters. The summed E-state index contributed by atoms with van der Waals surface area (Å²) < 4.78 is 1.45. The van der Waals surface area contributed by atoms with E-state index in [1.807, 2.05) is 37.4 Å². The molecule has 0 radical (unpaired) electrons. The van der Waals surface area contributed by atoms with Crippen molar-refractivity contribution in [2.45, 2.75) is 44.8 Å². The summed E-state index contributed by atoms with van der Waals surface area (Å²) in [5.41, 5.74) is 4.54. The number of aryl methyl sites for hydroxylation is 1. The highest BCUT2D eigenvalue weighted by Gasteiger charge is 2.18. The Morgan fingerprint density at radius 2 is 1.77 bits per heavy atom. The number of nitrogens with two attached hydrogens (primary N) is 1. The SMILES string of the molecule is Cc1ccccc1CN(C)C(=O)CSc1nnc(-c2ccc(C(C)(C)C)cc2)n1N. The number of nitrogen functional groups attached to an aromatic ring is 1. The largest absolute Gasteiger partial charge is 0.341 e. The van der Waals surface area contributed by atoms with Crippen LogP contribution < -0.4 is 5.84 Å². The standard InChI is InChI=1S/C23H29N5OS/c1-16-8-6-7-9-18(16)14-27(5)20(29)15-30-22-26-25-21(28(22)24)17-10-12-19(13-11-17)23(2,3)4/h6-13H,14-15,24H2,1-5H3. The molecular weight excluding hydrogens is 394 g/mol. The van der Waals surface area contributed by atoms with Crippen LogP contribution in [-0.2, 0) is 16.8 Å². The Labute approximate surface area is 182 Å². The first-order valence-electron chi connectivity index (χ1n) is 9.89. The number of amides is 1. The van der Waals surface area contributed by atoms with E-state index in [9.17, 15) is 4.79 Å². The molecule has 30 heavy (non-hydrogen) atoms. The molecule has 0 bridgehead atoms. The van der Waals surface area contributed by atoms with E-state index in [0.29, 0.717) is 17.5 Å². The van der Waals surface area contributed by atoms with E-state index in [-0.39, 0.29) is 17.1 Å². The van der Waals surface area contributed by atoms with E-state index < -0.39 is 0 Å². The number of thioether (sulfide) groups is 1. The molecule has 158 valence electrons. The first-order chi connectivity index (χ1) is 14.2.